The van der Waals surface area contributed by atoms with E-state index in [-0.39, 0.29) is 77.8 Å². The monoisotopic (exact) mass is 444 g/mol. The van der Waals surface area contributed by atoms with Gasteiger partial charge in [0.2, 0.25) is 0 Å². The van der Waals surface area contributed by atoms with Crippen molar-refractivity contribution in [3.05, 3.63) is 64.5 Å². The average Bonchev–Trinajstić information content (AvgIpc) is 2.86. The number of amides is 1. The largest absolute Gasteiger partial charge is 1.00 e. The Morgan fingerprint density at radius 1 is 1.00 bits per heavy atom. The number of carbonyl (C=O) groups excluding carboxylic acids is 1. The molecule has 2 aromatic rings. The molecule has 4 N–H and O–H groups in total. The van der Waals surface area contributed by atoms with Gasteiger partial charge in [0.25, 0.3) is 5.91 Å². The molecule has 8 heteroatoms. The maximum atomic E-state index is 13.3. The number of aromatic hydroxyl groups is 3. The Bertz CT molecular complexity index is 1070. The number of fused-ring (bicyclic) bond motifs is 2. The maximum absolute atomic E-state index is 13.3. The van der Waals surface area contributed by atoms with Crippen LogP contribution in [0.5, 0.6) is 17.2 Å². The summed E-state index contributed by atoms with van der Waals surface area (Å²) in [5.74, 6) is -1.01. The molecule has 33 heavy (non-hydrogen) atoms. The van der Waals surface area contributed by atoms with E-state index in [0.29, 0.717) is 0 Å². The molecule has 1 aliphatic rings. The molecular formula is C25H29LiN2O5. The van der Waals surface area contributed by atoms with Gasteiger partial charge < -0.3 is 30.6 Å². The van der Waals surface area contributed by atoms with E-state index in [1.807, 2.05) is 13.0 Å². The quantitative estimate of drug-likeness (QED) is 0.369. The number of hydrogen-bond acceptors (Lipinski definition) is 5. The van der Waals surface area contributed by atoms with E-state index in [4.69, 9.17) is 5.11 Å². The SMILES string of the molecule is C/C(=C\CN1C(=O)c2cccc(O)c2[N-]c2c(O)cc(O)cc21)CC/C=C(\C)CCCO.[Li+]. The van der Waals surface area contributed by atoms with Gasteiger partial charge in [0.1, 0.15) is 17.2 Å². The molecule has 0 spiro atoms. The number of nitrogens with zero attached hydrogens (tertiary/aromatic N) is 2. The third kappa shape index (κ3) is 6.35. The zero-order valence-electron chi connectivity index (χ0n) is 19.4. The van der Waals surface area contributed by atoms with Crippen molar-refractivity contribution in [2.45, 2.75) is 39.5 Å². The van der Waals surface area contributed by atoms with Gasteiger partial charge in [-0.15, -0.1) is 0 Å². The van der Waals surface area contributed by atoms with Crippen molar-refractivity contribution in [2.24, 2.45) is 0 Å². The smallest absolute Gasteiger partial charge is 0.650 e. The summed E-state index contributed by atoms with van der Waals surface area (Å²) in [7, 11) is 0. The van der Waals surface area contributed by atoms with Crippen LogP contribution in [0.4, 0.5) is 17.1 Å². The second-order valence-electron chi connectivity index (χ2n) is 8.00. The van der Waals surface area contributed by atoms with Crippen LogP contribution in [0.1, 0.15) is 49.9 Å². The van der Waals surface area contributed by atoms with Gasteiger partial charge in [-0.2, -0.15) is 0 Å². The first kappa shape index (κ1) is 26.4. The second kappa shape index (κ2) is 11.8. The van der Waals surface area contributed by atoms with Crippen molar-refractivity contribution >= 4 is 23.0 Å². The summed E-state index contributed by atoms with van der Waals surface area (Å²) in [6.07, 6.45) is 7.41. The number of aliphatic hydroxyl groups excluding tert-OH is 1. The van der Waals surface area contributed by atoms with E-state index in [1.54, 1.807) is 12.1 Å². The Morgan fingerprint density at radius 3 is 2.45 bits per heavy atom. The number of hydrogen-bond donors (Lipinski definition) is 4. The summed E-state index contributed by atoms with van der Waals surface area (Å²) >= 11 is 0. The first-order valence-electron chi connectivity index (χ1n) is 10.7. The van der Waals surface area contributed by atoms with Crippen molar-refractivity contribution < 1.29 is 44.1 Å². The van der Waals surface area contributed by atoms with Gasteiger partial charge in [0.15, 0.2) is 0 Å². The fraction of sp³-hybridized carbons (Fsp3) is 0.320. The fourth-order valence-corrected chi connectivity index (χ4v) is 3.63. The van der Waals surface area contributed by atoms with E-state index in [2.05, 4.69) is 18.3 Å². The first-order chi connectivity index (χ1) is 15.3. The van der Waals surface area contributed by atoms with Crippen LogP contribution in [-0.2, 0) is 0 Å². The minimum atomic E-state index is -0.382. The number of phenolic OH excluding ortho intramolecular Hbond substituents is 3. The van der Waals surface area contributed by atoms with Crippen LogP contribution >= 0.6 is 0 Å². The van der Waals surface area contributed by atoms with Crippen molar-refractivity contribution in [2.75, 3.05) is 18.1 Å². The molecule has 0 aliphatic carbocycles. The molecule has 1 amide bonds. The van der Waals surface area contributed by atoms with E-state index >= 15 is 0 Å². The molecule has 0 atom stereocenters. The zero-order valence-corrected chi connectivity index (χ0v) is 19.4. The fourth-order valence-electron chi connectivity index (χ4n) is 3.63. The molecule has 0 saturated carbocycles. The third-order valence-corrected chi connectivity index (χ3v) is 5.44. The molecule has 0 aromatic heterocycles. The van der Waals surface area contributed by atoms with Gasteiger partial charge in [-0.3, -0.25) is 4.79 Å². The standard InChI is InChI=1S/C25H30N2O5.Li/c1-16(8-5-13-28)6-3-7-17(2)11-12-27-20-14-18(29)15-22(31)24(20)26-23-19(25(27)32)9-4-10-21(23)30;/h4,6,9-11,14-15,28H,3,5,7-8,12-13H2,1-2H3,(H4,26,29,30,31,32);/q;+1/p-1/b16-6+,17-11+;. The number of phenols is 3. The van der Waals surface area contributed by atoms with Crippen molar-refractivity contribution in [1.29, 1.82) is 0 Å². The second-order valence-corrected chi connectivity index (χ2v) is 8.00. The van der Waals surface area contributed by atoms with Crippen LogP contribution in [0.3, 0.4) is 0 Å². The molecule has 1 aliphatic heterocycles. The van der Waals surface area contributed by atoms with Crippen molar-refractivity contribution in [3.8, 4) is 17.2 Å². The average molecular weight is 444 g/mol. The van der Waals surface area contributed by atoms with Crippen molar-refractivity contribution in [1.82, 2.24) is 0 Å². The summed E-state index contributed by atoms with van der Waals surface area (Å²) in [4.78, 5) is 14.8. The molecule has 7 nitrogen and oxygen atoms in total. The van der Waals surface area contributed by atoms with Gasteiger partial charge >= 0.3 is 18.9 Å². The Hall–Kier alpha value is -2.85. The molecule has 170 valence electrons. The first-order valence-corrected chi connectivity index (χ1v) is 10.7. The number of aliphatic hydroxyl groups is 1. The summed E-state index contributed by atoms with van der Waals surface area (Å²) < 4.78 is 0. The van der Waals surface area contributed by atoms with Crippen LogP contribution in [0.15, 0.2) is 53.6 Å². The Kier molecular flexibility index (Phi) is 9.48. The minimum absolute atomic E-state index is 0. The predicted molar refractivity (Wildman–Crippen MR) is 125 cm³/mol. The molecule has 0 unspecified atom stereocenters. The number of carbonyl (C=O) groups is 1. The molecule has 0 fully saturated rings. The summed E-state index contributed by atoms with van der Waals surface area (Å²) in [5, 5.41) is 43.9. The number of anilines is 1. The number of benzene rings is 2. The Morgan fingerprint density at radius 2 is 1.73 bits per heavy atom. The predicted octanol–water partition coefficient (Wildman–Crippen LogP) is 2.55. The van der Waals surface area contributed by atoms with Gasteiger partial charge in [0, 0.05) is 36.5 Å². The maximum Gasteiger partial charge on any atom is 1.00 e. The number of allylic oxidation sites excluding steroid dienone is 3. The summed E-state index contributed by atoms with van der Waals surface area (Å²) in [6, 6.07) is 7.12. The van der Waals surface area contributed by atoms with E-state index in [0.717, 1.165) is 37.3 Å². The minimum Gasteiger partial charge on any atom is -0.650 e. The number of para-hydroxylation sites is 1. The van der Waals surface area contributed by atoms with Crippen LogP contribution in [0, 0.1) is 0 Å². The summed E-state index contributed by atoms with van der Waals surface area (Å²) in [5.41, 5.74) is 3.02. The van der Waals surface area contributed by atoms with E-state index < -0.39 is 0 Å². The molecule has 0 radical (unpaired) electrons. The molecule has 3 rings (SSSR count). The van der Waals surface area contributed by atoms with Gasteiger partial charge in [0.05, 0.1) is 0 Å². The summed E-state index contributed by atoms with van der Waals surface area (Å²) in [6.45, 7) is 4.45. The number of rotatable bonds is 8. The molecule has 0 bridgehead atoms. The van der Waals surface area contributed by atoms with Gasteiger partial charge in [-0.25, -0.2) is 0 Å². The third-order valence-electron chi connectivity index (χ3n) is 5.44. The molecule has 2 aromatic carbocycles. The van der Waals surface area contributed by atoms with E-state index in [1.165, 1.54) is 22.6 Å². The molecule has 1 heterocycles. The van der Waals surface area contributed by atoms with Crippen LogP contribution < -0.4 is 23.8 Å². The van der Waals surface area contributed by atoms with Crippen LogP contribution in [0.2, 0.25) is 0 Å². The Labute approximate surface area is 206 Å². The topological polar surface area (TPSA) is 115 Å². The van der Waals surface area contributed by atoms with Gasteiger partial charge in [-0.05, 0) is 45.6 Å². The molecule has 0 saturated heterocycles. The van der Waals surface area contributed by atoms with E-state index in [9.17, 15) is 20.1 Å². The Balaban J connectivity index is 0.00000385. The van der Waals surface area contributed by atoms with Gasteiger partial charge in [-0.1, -0.05) is 46.8 Å². The zero-order chi connectivity index (χ0) is 23.3. The van der Waals surface area contributed by atoms with Crippen LogP contribution in [0.25, 0.3) is 5.32 Å². The van der Waals surface area contributed by atoms with Crippen LogP contribution in [-0.4, -0.2) is 39.5 Å². The van der Waals surface area contributed by atoms with Crippen molar-refractivity contribution in [3.63, 3.8) is 0 Å². The normalized spacial score (nSPS) is 13.5. The molecular weight excluding hydrogens is 415 g/mol.